The number of carboxylic acid groups (broad SMARTS) is 2. The van der Waals surface area contributed by atoms with Gasteiger partial charge in [0.1, 0.15) is 0 Å². The van der Waals surface area contributed by atoms with Gasteiger partial charge in [-0.25, -0.2) is 0 Å². The number of carbonyl (C=O) groups excluding carboxylic acids is 2. The van der Waals surface area contributed by atoms with Gasteiger partial charge in [-0.2, -0.15) is 0 Å². The normalized spacial score (nSPS) is 11.3. The van der Waals surface area contributed by atoms with E-state index in [1.54, 1.807) is 57.4 Å². The SMILES string of the molecule is CCC[CH2][Sn+2][CH2]CCC.O=C([O-])OC(OCc1ccccc1)c1ccccc1.O=C([O-])OC(OCc1ccccc1)c1ccccc1. The predicted molar refractivity (Wildman–Crippen MR) is 179 cm³/mol. The molecule has 0 saturated heterocycles. The van der Waals surface area contributed by atoms with Crippen molar-refractivity contribution in [1.29, 1.82) is 0 Å². The van der Waals surface area contributed by atoms with Crippen LogP contribution in [0, 0.1) is 0 Å². The van der Waals surface area contributed by atoms with Crippen LogP contribution in [-0.4, -0.2) is 33.5 Å². The molecule has 0 N–H and O–H groups in total. The molecule has 2 atom stereocenters. The van der Waals surface area contributed by atoms with Gasteiger partial charge in [-0.15, -0.1) is 0 Å². The van der Waals surface area contributed by atoms with E-state index in [-0.39, 0.29) is 34.4 Å². The Balaban J connectivity index is 0.000000262. The Bertz CT molecular complexity index is 1240. The van der Waals surface area contributed by atoms with E-state index in [0.717, 1.165) is 11.1 Å². The smallest absolute Gasteiger partial charge is 0.254 e. The molecule has 0 aliphatic rings. The number of hydrogen-bond donors (Lipinski definition) is 0. The summed E-state index contributed by atoms with van der Waals surface area (Å²) < 4.78 is 23.5. The fraction of sp³-hybridized carbons (Fsp3) is 0.316. The van der Waals surface area contributed by atoms with Crippen molar-refractivity contribution in [3.8, 4) is 0 Å². The first-order valence-electron chi connectivity index (χ1n) is 15.8. The Labute approximate surface area is 288 Å². The predicted octanol–water partition coefficient (Wildman–Crippen LogP) is 7.65. The second kappa shape index (κ2) is 25.3. The van der Waals surface area contributed by atoms with Gasteiger partial charge in [0.05, 0.1) is 13.2 Å². The van der Waals surface area contributed by atoms with Gasteiger partial charge in [-0.05, 0) is 11.1 Å². The fourth-order valence-corrected chi connectivity index (χ4v) is 8.17. The Morgan fingerprint density at radius 3 is 1.17 bits per heavy atom. The van der Waals surface area contributed by atoms with E-state index >= 15 is 0 Å². The molecule has 0 bridgehead atoms. The maximum atomic E-state index is 10.6. The van der Waals surface area contributed by atoms with Crippen LogP contribution in [0.15, 0.2) is 121 Å². The Hall–Kier alpha value is -3.86. The van der Waals surface area contributed by atoms with Gasteiger partial charge in [-0.3, -0.25) is 0 Å². The van der Waals surface area contributed by atoms with Crippen LogP contribution in [-0.2, 0) is 32.2 Å². The van der Waals surface area contributed by atoms with Gasteiger partial charge < -0.3 is 38.7 Å². The summed E-state index contributed by atoms with van der Waals surface area (Å²) in [4.78, 5) is 21.2. The van der Waals surface area contributed by atoms with E-state index in [2.05, 4.69) is 23.3 Å². The molecular weight excluding hydrogens is 703 g/mol. The standard InChI is InChI=1S/2C15H14O4.2C4H9.Sn/c2*16-15(17)19-14(13-9-5-2-6-10-13)18-11-12-7-3-1-4-8-12;2*1-3-4-2;/h2*1-10,14H,11H2,(H,16,17);2*1,3-4H2,2H3;/q;;;;+2/p-2. The molecule has 0 aromatic heterocycles. The van der Waals surface area contributed by atoms with Crippen LogP contribution >= 0.6 is 0 Å². The van der Waals surface area contributed by atoms with Crippen molar-refractivity contribution in [3.05, 3.63) is 144 Å². The van der Waals surface area contributed by atoms with Crippen molar-refractivity contribution in [2.45, 2.75) is 74.2 Å². The summed E-state index contributed by atoms with van der Waals surface area (Å²) in [7, 11) is 0. The molecule has 0 spiro atoms. The summed E-state index contributed by atoms with van der Waals surface area (Å²) in [5.74, 6) is 0. The van der Waals surface area contributed by atoms with Gasteiger partial charge in [0.15, 0.2) is 12.6 Å². The second-order valence-electron chi connectivity index (χ2n) is 10.3. The van der Waals surface area contributed by atoms with Gasteiger partial charge in [0.2, 0.25) is 0 Å². The minimum Gasteiger partial charge on any atom is -0.517 e. The van der Waals surface area contributed by atoms with Crippen molar-refractivity contribution >= 4 is 33.5 Å². The monoisotopic (exact) mass is 748 g/mol. The summed E-state index contributed by atoms with van der Waals surface area (Å²) in [5.41, 5.74) is 3.13. The van der Waals surface area contributed by atoms with E-state index in [9.17, 15) is 19.8 Å². The Morgan fingerprint density at radius 2 is 0.872 bits per heavy atom. The zero-order valence-corrected chi connectivity index (χ0v) is 30.0. The third-order valence-electron chi connectivity index (χ3n) is 6.45. The first kappa shape index (κ1) is 39.3. The molecule has 8 nitrogen and oxygen atoms in total. The quantitative estimate of drug-likeness (QED) is 0.0497. The zero-order chi connectivity index (χ0) is 34.0. The average Bonchev–Trinajstić information content (AvgIpc) is 3.10. The van der Waals surface area contributed by atoms with Crippen LogP contribution in [0.2, 0.25) is 8.87 Å². The third kappa shape index (κ3) is 18.8. The topological polar surface area (TPSA) is 117 Å². The zero-order valence-electron chi connectivity index (χ0n) is 27.1. The van der Waals surface area contributed by atoms with Crippen LogP contribution in [0.1, 0.15) is 74.4 Å². The van der Waals surface area contributed by atoms with Gasteiger partial charge in [0, 0.05) is 11.1 Å². The number of carbonyl (C=O) groups is 2. The third-order valence-corrected chi connectivity index (χ3v) is 10.5. The molecule has 4 aromatic carbocycles. The first-order chi connectivity index (χ1) is 22.9. The summed E-state index contributed by atoms with van der Waals surface area (Å²) >= 11 is 0.149. The van der Waals surface area contributed by atoms with E-state index in [1.807, 2.05) is 72.8 Å². The van der Waals surface area contributed by atoms with Crippen LogP contribution in [0.3, 0.4) is 0 Å². The van der Waals surface area contributed by atoms with Crippen molar-refractivity contribution in [2.24, 2.45) is 0 Å². The van der Waals surface area contributed by atoms with Crippen LogP contribution < -0.4 is 10.2 Å². The fourth-order valence-electron chi connectivity index (χ4n) is 4.01. The minimum absolute atomic E-state index is 0.149. The van der Waals surface area contributed by atoms with Crippen LogP contribution in [0.4, 0.5) is 9.59 Å². The molecule has 0 heterocycles. The molecule has 4 rings (SSSR count). The molecule has 0 aliphatic heterocycles. The summed E-state index contributed by atoms with van der Waals surface area (Å²) in [6.45, 7) is 5.10. The molecular formula is C38H44O8Sn. The van der Waals surface area contributed by atoms with Crippen molar-refractivity contribution in [3.63, 3.8) is 0 Å². The number of benzene rings is 4. The molecule has 248 valence electrons. The molecule has 0 aliphatic carbocycles. The van der Waals surface area contributed by atoms with Crippen molar-refractivity contribution in [2.75, 3.05) is 0 Å². The molecule has 0 radical (unpaired) electrons. The number of unbranched alkanes of at least 4 members (excludes halogenated alkanes) is 2. The van der Waals surface area contributed by atoms with E-state index in [4.69, 9.17) is 9.47 Å². The molecule has 0 saturated carbocycles. The molecule has 9 heteroatoms. The van der Waals surface area contributed by atoms with E-state index < -0.39 is 24.9 Å². The van der Waals surface area contributed by atoms with Crippen LogP contribution in [0.5, 0.6) is 0 Å². The number of rotatable bonds is 16. The van der Waals surface area contributed by atoms with Gasteiger partial charge in [-0.1, -0.05) is 121 Å². The Kier molecular flexibility index (Phi) is 21.1. The number of ether oxygens (including phenoxy) is 4. The van der Waals surface area contributed by atoms with Gasteiger partial charge >= 0.3 is 69.5 Å². The molecule has 4 aromatic rings. The first-order valence-corrected chi connectivity index (χ1v) is 19.8. The van der Waals surface area contributed by atoms with Crippen molar-refractivity contribution in [1.82, 2.24) is 0 Å². The molecule has 0 fully saturated rings. The summed E-state index contributed by atoms with van der Waals surface area (Å²) in [5, 5.41) is 21.2. The van der Waals surface area contributed by atoms with Gasteiger partial charge in [0.25, 0.3) is 12.3 Å². The summed E-state index contributed by atoms with van der Waals surface area (Å²) in [6.07, 6.45) is 0.660. The van der Waals surface area contributed by atoms with Crippen molar-refractivity contribution < 1.29 is 38.7 Å². The van der Waals surface area contributed by atoms with E-state index in [0.29, 0.717) is 11.1 Å². The minimum atomic E-state index is -1.61. The Morgan fingerprint density at radius 1 is 0.553 bits per heavy atom. The number of hydrogen-bond acceptors (Lipinski definition) is 8. The maximum absolute atomic E-state index is 10.6. The summed E-state index contributed by atoms with van der Waals surface area (Å²) in [6, 6.07) is 36.6. The average molecular weight is 747 g/mol. The van der Waals surface area contributed by atoms with E-state index in [1.165, 1.54) is 25.7 Å². The maximum Gasteiger partial charge on any atom is 0.254 e. The molecule has 47 heavy (non-hydrogen) atoms. The molecule has 0 amide bonds. The largest absolute Gasteiger partial charge is 0.517 e. The molecule has 2 unspecified atom stereocenters. The second-order valence-corrected chi connectivity index (χ2v) is 14.6. The van der Waals surface area contributed by atoms with Crippen LogP contribution in [0.25, 0.3) is 0 Å².